The lowest BCUT2D eigenvalue weighted by atomic mass is 10.2. The summed E-state index contributed by atoms with van der Waals surface area (Å²) < 4.78 is 5.54. The molecule has 0 bridgehead atoms. The minimum atomic E-state index is 0.590. The smallest absolute Gasteiger partial charge is 0.0621 e. The number of rotatable bonds is 5. The molecule has 0 aliphatic carbocycles. The largest absolute Gasteiger partial charge is 0.399 e. The van der Waals surface area contributed by atoms with Crippen molar-refractivity contribution in [2.24, 2.45) is 0 Å². The van der Waals surface area contributed by atoms with Gasteiger partial charge in [-0.15, -0.1) is 0 Å². The lowest BCUT2D eigenvalue weighted by Crippen LogP contribution is -2.32. The van der Waals surface area contributed by atoms with Gasteiger partial charge in [0, 0.05) is 24.9 Å². The van der Waals surface area contributed by atoms with Gasteiger partial charge < -0.3 is 10.5 Å². The van der Waals surface area contributed by atoms with Crippen molar-refractivity contribution in [3.05, 3.63) is 29.8 Å². The fourth-order valence-corrected chi connectivity index (χ4v) is 2.40. The number of benzene rings is 1. The molecule has 1 fully saturated rings. The van der Waals surface area contributed by atoms with E-state index in [1.165, 1.54) is 24.9 Å². The molecule has 0 saturated carbocycles. The van der Waals surface area contributed by atoms with Crippen molar-refractivity contribution in [3.63, 3.8) is 0 Å². The van der Waals surface area contributed by atoms with Gasteiger partial charge >= 0.3 is 0 Å². The van der Waals surface area contributed by atoms with Crippen LogP contribution in [0.25, 0.3) is 0 Å². The molecule has 17 heavy (non-hydrogen) atoms. The second kappa shape index (κ2) is 6.03. The number of ether oxygens (including phenoxy) is 1. The summed E-state index contributed by atoms with van der Waals surface area (Å²) >= 11 is 0. The maximum Gasteiger partial charge on any atom is 0.0621 e. The molecule has 2 rings (SSSR count). The van der Waals surface area contributed by atoms with E-state index in [-0.39, 0.29) is 0 Å². The van der Waals surface area contributed by atoms with Crippen LogP contribution < -0.4 is 5.73 Å². The Bertz CT molecular complexity index is 337. The monoisotopic (exact) mass is 234 g/mol. The van der Waals surface area contributed by atoms with Gasteiger partial charge in [0.05, 0.1) is 6.61 Å². The van der Waals surface area contributed by atoms with Gasteiger partial charge in [-0.25, -0.2) is 0 Å². The predicted octanol–water partition coefficient (Wildman–Crippen LogP) is 2.27. The Morgan fingerprint density at radius 2 is 2.12 bits per heavy atom. The molecule has 3 heteroatoms. The molecule has 1 unspecified atom stereocenters. The predicted molar refractivity (Wildman–Crippen MR) is 70.8 cm³/mol. The number of anilines is 1. The van der Waals surface area contributed by atoms with Crippen LogP contribution in [0.4, 0.5) is 5.69 Å². The van der Waals surface area contributed by atoms with Crippen LogP contribution in [0.1, 0.15) is 25.3 Å². The molecular weight excluding hydrogens is 212 g/mol. The van der Waals surface area contributed by atoms with Crippen molar-refractivity contribution in [1.29, 1.82) is 0 Å². The summed E-state index contributed by atoms with van der Waals surface area (Å²) in [5.41, 5.74) is 7.86. The summed E-state index contributed by atoms with van der Waals surface area (Å²) in [6, 6.07) is 8.77. The van der Waals surface area contributed by atoms with E-state index < -0.39 is 0 Å². The number of hydrogen-bond donors (Lipinski definition) is 1. The molecule has 0 radical (unpaired) electrons. The molecule has 1 saturated heterocycles. The number of nitrogens with zero attached hydrogens (tertiary/aromatic N) is 1. The SMILES string of the molecule is CCOCC1CCCN1Cc1ccc(N)cc1. The molecule has 1 aliphatic rings. The van der Waals surface area contributed by atoms with Gasteiger partial charge in [0.15, 0.2) is 0 Å². The van der Waals surface area contributed by atoms with Crippen molar-refractivity contribution in [2.75, 3.05) is 25.5 Å². The first-order chi connectivity index (χ1) is 8.29. The van der Waals surface area contributed by atoms with Gasteiger partial charge in [-0.05, 0) is 44.0 Å². The lowest BCUT2D eigenvalue weighted by Gasteiger charge is -2.24. The van der Waals surface area contributed by atoms with Gasteiger partial charge in [0.2, 0.25) is 0 Å². The second-order valence-electron chi connectivity index (χ2n) is 4.67. The first-order valence-electron chi connectivity index (χ1n) is 6.46. The van der Waals surface area contributed by atoms with Crippen molar-refractivity contribution < 1.29 is 4.74 Å². The Labute approximate surface area is 104 Å². The third-order valence-corrected chi connectivity index (χ3v) is 3.38. The molecule has 0 spiro atoms. The minimum Gasteiger partial charge on any atom is -0.399 e. The Balaban J connectivity index is 1.90. The molecule has 1 aliphatic heterocycles. The normalized spacial score (nSPS) is 20.9. The number of nitrogen functional groups attached to an aromatic ring is 1. The van der Waals surface area contributed by atoms with E-state index in [2.05, 4.69) is 24.0 Å². The van der Waals surface area contributed by atoms with Crippen molar-refractivity contribution in [1.82, 2.24) is 4.90 Å². The maximum absolute atomic E-state index is 5.69. The van der Waals surface area contributed by atoms with Gasteiger partial charge in [0.25, 0.3) is 0 Å². The third kappa shape index (κ3) is 3.45. The third-order valence-electron chi connectivity index (χ3n) is 3.38. The van der Waals surface area contributed by atoms with E-state index in [9.17, 15) is 0 Å². The summed E-state index contributed by atoms with van der Waals surface area (Å²) in [5.74, 6) is 0. The lowest BCUT2D eigenvalue weighted by molar-refractivity contribution is 0.0824. The molecule has 2 N–H and O–H groups in total. The van der Waals surface area contributed by atoms with Crippen LogP contribution in [0.15, 0.2) is 24.3 Å². The van der Waals surface area contributed by atoms with Crippen molar-refractivity contribution >= 4 is 5.69 Å². The standard InChI is InChI=1S/C14H22N2O/c1-2-17-11-14-4-3-9-16(14)10-12-5-7-13(15)8-6-12/h5-8,14H,2-4,9-11,15H2,1H3. The molecule has 94 valence electrons. The molecular formula is C14H22N2O. The van der Waals surface area contributed by atoms with Gasteiger partial charge in [-0.3, -0.25) is 4.90 Å². The molecule has 1 atom stereocenters. The first-order valence-corrected chi connectivity index (χ1v) is 6.46. The summed E-state index contributed by atoms with van der Waals surface area (Å²) in [4.78, 5) is 2.52. The number of nitrogens with two attached hydrogens (primary N) is 1. The van der Waals surface area contributed by atoms with E-state index in [0.717, 1.165) is 25.4 Å². The van der Waals surface area contributed by atoms with Crippen LogP contribution in [0.2, 0.25) is 0 Å². The highest BCUT2D eigenvalue weighted by molar-refractivity contribution is 5.39. The Morgan fingerprint density at radius 3 is 2.82 bits per heavy atom. The molecule has 1 heterocycles. The van der Waals surface area contributed by atoms with Gasteiger partial charge in [-0.1, -0.05) is 12.1 Å². The van der Waals surface area contributed by atoms with Crippen LogP contribution >= 0.6 is 0 Å². The fourth-order valence-electron chi connectivity index (χ4n) is 2.40. The van der Waals surface area contributed by atoms with Gasteiger partial charge in [-0.2, -0.15) is 0 Å². The molecule has 1 aromatic carbocycles. The summed E-state index contributed by atoms with van der Waals surface area (Å²) in [7, 11) is 0. The van der Waals surface area contributed by atoms with Crippen LogP contribution in [0.3, 0.4) is 0 Å². The summed E-state index contributed by atoms with van der Waals surface area (Å²) in [6.07, 6.45) is 2.54. The summed E-state index contributed by atoms with van der Waals surface area (Å²) in [5, 5.41) is 0. The van der Waals surface area contributed by atoms with E-state index in [1.807, 2.05) is 12.1 Å². The fraction of sp³-hybridized carbons (Fsp3) is 0.571. The highest BCUT2D eigenvalue weighted by Crippen LogP contribution is 2.20. The molecule has 3 nitrogen and oxygen atoms in total. The topological polar surface area (TPSA) is 38.5 Å². The second-order valence-corrected chi connectivity index (χ2v) is 4.67. The Hall–Kier alpha value is -1.06. The number of hydrogen-bond acceptors (Lipinski definition) is 3. The van der Waals surface area contributed by atoms with E-state index in [0.29, 0.717) is 6.04 Å². The molecule has 0 amide bonds. The van der Waals surface area contributed by atoms with E-state index in [1.54, 1.807) is 0 Å². The quantitative estimate of drug-likeness (QED) is 0.794. The highest BCUT2D eigenvalue weighted by atomic mass is 16.5. The van der Waals surface area contributed by atoms with Crippen LogP contribution in [0, 0.1) is 0 Å². The van der Waals surface area contributed by atoms with Crippen molar-refractivity contribution in [2.45, 2.75) is 32.4 Å². The zero-order chi connectivity index (χ0) is 12.1. The van der Waals surface area contributed by atoms with E-state index in [4.69, 9.17) is 10.5 Å². The average Bonchev–Trinajstić information content (AvgIpc) is 2.77. The van der Waals surface area contributed by atoms with Crippen molar-refractivity contribution in [3.8, 4) is 0 Å². The zero-order valence-corrected chi connectivity index (χ0v) is 10.6. The molecule has 0 aromatic heterocycles. The van der Waals surface area contributed by atoms with Crippen LogP contribution in [0.5, 0.6) is 0 Å². The van der Waals surface area contributed by atoms with Crippen LogP contribution in [-0.4, -0.2) is 30.7 Å². The number of likely N-dealkylation sites (tertiary alicyclic amines) is 1. The van der Waals surface area contributed by atoms with E-state index >= 15 is 0 Å². The zero-order valence-electron chi connectivity index (χ0n) is 10.6. The molecule has 1 aromatic rings. The van der Waals surface area contributed by atoms with Gasteiger partial charge in [0.1, 0.15) is 0 Å². The first kappa shape index (κ1) is 12.4. The van der Waals surface area contributed by atoms with Crippen LogP contribution in [-0.2, 0) is 11.3 Å². The average molecular weight is 234 g/mol. The maximum atomic E-state index is 5.69. The summed E-state index contributed by atoms with van der Waals surface area (Å²) in [6.45, 7) is 5.93. The minimum absolute atomic E-state index is 0.590. The Kier molecular flexibility index (Phi) is 4.40. The Morgan fingerprint density at radius 1 is 1.35 bits per heavy atom. The highest BCUT2D eigenvalue weighted by Gasteiger charge is 2.24.